The van der Waals surface area contributed by atoms with Crippen molar-refractivity contribution >= 4 is 11.4 Å². The van der Waals surface area contributed by atoms with Crippen molar-refractivity contribution in [2.45, 2.75) is 19.3 Å². The SMILES string of the molecule is CON=C1CCCc2ccc(N)cc21. The minimum atomic E-state index is 0.787. The van der Waals surface area contributed by atoms with Crippen molar-refractivity contribution < 1.29 is 4.84 Å². The van der Waals surface area contributed by atoms with Crippen LogP contribution >= 0.6 is 0 Å². The lowest BCUT2D eigenvalue weighted by atomic mass is 9.90. The van der Waals surface area contributed by atoms with Gasteiger partial charge in [0.25, 0.3) is 0 Å². The lowest BCUT2D eigenvalue weighted by molar-refractivity contribution is 0.212. The van der Waals surface area contributed by atoms with E-state index in [4.69, 9.17) is 10.6 Å². The molecule has 1 aromatic rings. The summed E-state index contributed by atoms with van der Waals surface area (Å²) < 4.78 is 0. The molecule has 1 aliphatic carbocycles. The van der Waals surface area contributed by atoms with Crippen molar-refractivity contribution in [3.63, 3.8) is 0 Å². The van der Waals surface area contributed by atoms with Crippen molar-refractivity contribution in [2.24, 2.45) is 5.16 Å². The van der Waals surface area contributed by atoms with Crippen LogP contribution in [0.4, 0.5) is 5.69 Å². The first-order chi connectivity index (χ1) is 6.81. The van der Waals surface area contributed by atoms with Gasteiger partial charge in [0.15, 0.2) is 0 Å². The molecular weight excluding hydrogens is 176 g/mol. The molecule has 3 nitrogen and oxygen atoms in total. The largest absolute Gasteiger partial charge is 0.399 e. The van der Waals surface area contributed by atoms with Crippen LogP contribution < -0.4 is 5.73 Å². The van der Waals surface area contributed by atoms with Crippen molar-refractivity contribution in [1.29, 1.82) is 0 Å². The first-order valence-corrected chi connectivity index (χ1v) is 4.80. The fourth-order valence-corrected chi connectivity index (χ4v) is 1.87. The van der Waals surface area contributed by atoms with Gasteiger partial charge in [0.1, 0.15) is 7.11 Å². The third-order valence-electron chi connectivity index (χ3n) is 2.51. The van der Waals surface area contributed by atoms with Gasteiger partial charge in [0.05, 0.1) is 5.71 Å². The Morgan fingerprint density at radius 3 is 3.00 bits per heavy atom. The molecule has 0 heterocycles. The number of anilines is 1. The van der Waals surface area contributed by atoms with E-state index in [0.717, 1.165) is 36.2 Å². The van der Waals surface area contributed by atoms with E-state index >= 15 is 0 Å². The van der Waals surface area contributed by atoms with Crippen LogP contribution in [0.2, 0.25) is 0 Å². The first kappa shape index (κ1) is 9.06. The molecular formula is C11H14N2O. The molecule has 14 heavy (non-hydrogen) atoms. The van der Waals surface area contributed by atoms with Crippen LogP contribution in [0.5, 0.6) is 0 Å². The summed E-state index contributed by atoms with van der Waals surface area (Å²) in [6.07, 6.45) is 3.22. The second-order valence-electron chi connectivity index (χ2n) is 3.49. The Labute approximate surface area is 83.6 Å². The van der Waals surface area contributed by atoms with E-state index < -0.39 is 0 Å². The summed E-state index contributed by atoms with van der Waals surface area (Å²) in [5.74, 6) is 0. The Hall–Kier alpha value is -1.51. The maximum atomic E-state index is 5.74. The third kappa shape index (κ3) is 1.58. The fourth-order valence-electron chi connectivity index (χ4n) is 1.87. The van der Waals surface area contributed by atoms with E-state index in [1.54, 1.807) is 7.11 Å². The zero-order chi connectivity index (χ0) is 9.97. The maximum Gasteiger partial charge on any atom is 0.106 e. The number of nitrogens with two attached hydrogens (primary N) is 1. The highest BCUT2D eigenvalue weighted by Crippen LogP contribution is 2.23. The van der Waals surface area contributed by atoms with Gasteiger partial charge in [0.2, 0.25) is 0 Å². The summed E-state index contributed by atoms with van der Waals surface area (Å²) >= 11 is 0. The summed E-state index contributed by atoms with van der Waals surface area (Å²) in [5.41, 5.74) is 10.0. The highest BCUT2D eigenvalue weighted by molar-refractivity contribution is 6.03. The molecule has 0 atom stereocenters. The number of hydrogen-bond donors (Lipinski definition) is 1. The molecule has 74 valence electrons. The molecule has 0 radical (unpaired) electrons. The number of aryl methyl sites for hydroxylation is 1. The molecule has 2 N–H and O–H groups in total. The topological polar surface area (TPSA) is 47.6 Å². The summed E-state index contributed by atoms with van der Waals surface area (Å²) in [6.45, 7) is 0. The zero-order valence-corrected chi connectivity index (χ0v) is 8.29. The van der Waals surface area contributed by atoms with E-state index in [0.29, 0.717) is 0 Å². The van der Waals surface area contributed by atoms with Crippen LogP contribution in [-0.4, -0.2) is 12.8 Å². The van der Waals surface area contributed by atoms with Crippen molar-refractivity contribution in [3.8, 4) is 0 Å². The Morgan fingerprint density at radius 2 is 2.21 bits per heavy atom. The molecule has 0 bridgehead atoms. The molecule has 0 fully saturated rings. The average molecular weight is 190 g/mol. The number of nitrogen functional groups attached to an aromatic ring is 1. The number of fused-ring (bicyclic) bond motifs is 1. The summed E-state index contributed by atoms with van der Waals surface area (Å²) in [7, 11) is 1.58. The van der Waals surface area contributed by atoms with Crippen LogP contribution in [0, 0.1) is 0 Å². The standard InChI is InChI=1S/C11H14N2O/c1-14-13-11-4-2-3-8-5-6-9(12)7-10(8)11/h5-7H,2-4,12H2,1H3. The van der Waals surface area contributed by atoms with Gasteiger partial charge >= 0.3 is 0 Å². The minimum absolute atomic E-state index is 0.787. The average Bonchev–Trinajstić information content (AvgIpc) is 2.19. The van der Waals surface area contributed by atoms with Gasteiger partial charge in [-0.25, -0.2) is 0 Å². The van der Waals surface area contributed by atoms with Gasteiger partial charge < -0.3 is 10.6 Å². The molecule has 0 aromatic heterocycles. The lowest BCUT2D eigenvalue weighted by Crippen LogP contribution is -2.12. The summed E-state index contributed by atoms with van der Waals surface area (Å²) in [4.78, 5) is 4.83. The van der Waals surface area contributed by atoms with E-state index in [9.17, 15) is 0 Å². The van der Waals surface area contributed by atoms with Crippen molar-refractivity contribution in [3.05, 3.63) is 29.3 Å². The molecule has 1 aliphatic rings. The number of rotatable bonds is 1. The number of hydrogen-bond acceptors (Lipinski definition) is 3. The summed E-state index contributed by atoms with van der Waals surface area (Å²) in [5, 5.41) is 4.03. The minimum Gasteiger partial charge on any atom is -0.399 e. The molecule has 2 rings (SSSR count). The quantitative estimate of drug-likeness (QED) is 0.543. The molecule has 0 spiro atoms. The molecule has 0 saturated carbocycles. The predicted octanol–water partition coefficient (Wildman–Crippen LogP) is 1.96. The highest BCUT2D eigenvalue weighted by Gasteiger charge is 2.15. The second kappa shape index (κ2) is 3.70. The molecule has 1 aromatic carbocycles. The Balaban J connectivity index is 2.47. The predicted molar refractivity (Wildman–Crippen MR) is 57.3 cm³/mol. The molecule has 0 aliphatic heterocycles. The highest BCUT2D eigenvalue weighted by atomic mass is 16.6. The van der Waals surface area contributed by atoms with E-state index in [2.05, 4.69) is 11.2 Å². The van der Waals surface area contributed by atoms with E-state index in [-0.39, 0.29) is 0 Å². The Bertz CT molecular complexity index is 372. The van der Waals surface area contributed by atoms with Gasteiger partial charge in [-0.3, -0.25) is 0 Å². The van der Waals surface area contributed by atoms with E-state index in [1.807, 2.05) is 12.1 Å². The molecule has 0 saturated heterocycles. The second-order valence-corrected chi connectivity index (χ2v) is 3.49. The normalized spacial score (nSPS) is 17.9. The van der Waals surface area contributed by atoms with Crippen LogP contribution in [0.15, 0.2) is 23.4 Å². The fraction of sp³-hybridized carbons (Fsp3) is 0.364. The lowest BCUT2D eigenvalue weighted by Gasteiger charge is -2.17. The Kier molecular flexibility index (Phi) is 2.39. The number of oxime groups is 1. The monoisotopic (exact) mass is 190 g/mol. The van der Waals surface area contributed by atoms with Gasteiger partial charge in [-0.05, 0) is 37.0 Å². The van der Waals surface area contributed by atoms with Gasteiger partial charge in [-0.2, -0.15) is 0 Å². The first-order valence-electron chi connectivity index (χ1n) is 4.80. The van der Waals surface area contributed by atoms with Crippen molar-refractivity contribution in [1.82, 2.24) is 0 Å². The number of benzene rings is 1. The van der Waals surface area contributed by atoms with Crippen molar-refractivity contribution in [2.75, 3.05) is 12.8 Å². The smallest absolute Gasteiger partial charge is 0.106 e. The van der Waals surface area contributed by atoms with Gasteiger partial charge in [0, 0.05) is 11.3 Å². The van der Waals surface area contributed by atoms with E-state index in [1.165, 1.54) is 5.56 Å². The molecule has 0 unspecified atom stereocenters. The van der Waals surface area contributed by atoms with Crippen LogP contribution in [0.3, 0.4) is 0 Å². The van der Waals surface area contributed by atoms with Crippen LogP contribution in [-0.2, 0) is 11.3 Å². The van der Waals surface area contributed by atoms with Gasteiger partial charge in [-0.15, -0.1) is 0 Å². The molecule has 3 heteroatoms. The summed E-state index contributed by atoms with van der Waals surface area (Å²) in [6, 6.07) is 6.00. The molecule has 0 amide bonds. The zero-order valence-electron chi connectivity index (χ0n) is 8.29. The number of nitrogens with zero attached hydrogens (tertiary/aromatic N) is 1. The Morgan fingerprint density at radius 1 is 1.36 bits per heavy atom. The third-order valence-corrected chi connectivity index (χ3v) is 2.51. The maximum absolute atomic E-state index is 5.74. The van der Waals surface area contributed by atoms with Crippen LogP contribution in [0.1, 0.15) is 24.0 Å². The van der Waals surface area contributed by atoms with Gasteiger partial charge in [-0.1, -0.05) is 11.2 Å². The van der Waals surface area contributed by atoms with Crippen LogP contribution in [0.25, 0.3) is 0 Å².